The van der Waals surface area contributed by atoms with Crippen molar-refractivity contribution in [3.8, 4) is 5.75 Å². The Hall–Kier alpha value is -1.09. The zero-order valence-corrected chi connectivity index (χ0v) is 18.8. The van der Waals surface area contributed by atoms with Crippen LogP contribution >= 0.6 is 24.0 Å². The maximum Gasteiger partial charge on any atom is 0.191 e. The van der Waals surface area contributed by atoms with E-state index >= 15 is 0 Å². The first-order valence-electron chi connectivity index (χ1n) is 8.72. The van der Waals surface area contributed by atoms with Crippen molar-refractivity contribution in [1.29, 1.82) is 0 Å². The van der Waals surface area contributed by atoms with Gasteiger partial charge in [-0.05, 0) is 42.5 Å². The van der Waals surface area contributed by atoms with Gasteiger partial charge in [0.15, 0.2) is 5.96 Å². The van der Waals surface area contributed by atoms with Crippen molar-refractivity contribution in [1.82, 2.24) is 10.6 Å². The fourth-order valence-corrected chi connectivity index (χ4v) is 2.31. The minimum absolute atomic E-state index is 0. The molecule has 0 heterocycles. The summed E-state index contributed by atoms with van der Waals surface area (Å²) in [6.45, 7) is 8.57. The van der Waals surface area contributed by atoms with Gasteiger partial charge in [-0.1, -0.05) is 20.8 Å². The van der Waals surface area contributed by atoms with Crippen molar-refractivity contribution in [3.63, 3.8) is 0 Å². The smallest absolute Gasteiger partial charge is 0.191 e. The molecule has 0 saturated heterocycles. The Morgan fingerprint density at radius 1 is 1.15 bits per heavy atom. The van der Waals surface area contributed by atoms with Gasteiger partial charge in [-0.15, -0.1) is 24.0 Å². The molecular formula is C19H33FIN3O2. The number of methoxy groups -OCH3 is 1. The number of nitrogens with one attached hydrogen (secondary N) is 2. The minimum Gasteiger partial charge on any atom is -0.494 e. The zero-order valence-electron chi connectivity index (χ0n) is 16.5. The summed E-state index contributed by atoms with van der Waals surface area (Å²) in [5, 5.41) is 6.58. The van der Waals surface area contributed by atoms with Crippen molar-refractivity contribution >= 4 is 29.9 Å². The highest BCUT2D eigenvalue weighted by atomic mass is 127. The highest BCUT2D eigenvalue weighted by molar-refractivity contribution is 14.0. The molecular weight excluding hydrogens is 448 g/mol. The van der Waals surface area contributed by atoms with Crippen LogP contribution in [0.15, 0.2) is 29.3 Å². The largest absolute Gasteiger partial charge is 0.494 e. The molecule has 0 bridgehead atoms. The van der Waals surface area contributed by atoms with Gasteiger partial charge in [-0.25, -0.2) is 4.39 Å². The van der Waals surface area contributed by atoms with Gasteiger partial charge < -0.3 is 20.1 Å². The van der Waals surface area contributed by atoms with E-state index in [9.17, 15) is 4.39 Å². The predicted octanol–water partition coefficient (Wildman–Crippen LogP) is 3.83. The van der Waals surface area contributed by atoms with Crippen molar-refractivity contribution in [2.75, 3.05) is 33.9 Å². The van der Waals surface area contributed by atoms with Crippen molar-refractivity contribution in [2.24, 2.45) is 10.4 Å². The van der Waals surface area contributed by atoms with E-state index in [0.29, 0.717) is 18.9 Å². The molecule has 0 spiro atoms. The number of ether oxygens (including phenoxy) is 2. The van der Waals surface area contributed by atoms with Crippen LogP contribution < -0.4 is 15.4 Å². The Balaban J connectivity index is 0.00000625. The number of hydrogen-bond donors (Lipinski definition) is 2. The SMILES string of the molecule is CN=C(NCCCCOc1ccc(F)cc1)NCC(OC)C(C)(C)C.I. The third-order valence-electron chi connectivity index (χ3n) is 3.87. The molecule has 2 N–H and O–H groups in total. The van der Waals surface area contributed by atoms with Crippen molar-refractivity contribution in [2.45, 2.75) is 39.7 Å². The molecule has 0 amide bonds. The predicted molar refractivity (Wildman–Crippen MR) is 116 cm³/mol. The van der Waals surface area contributed by atoms with E-state index in [1.807, 2.05) is 0 Å². The number of guanidine groups is 1. The Morgan fingerprint density at radius 3 is 2.35 bits per heavy atom. The summed E-state index contributed by atoms with van der Waals surface area (Å²) in [5.41, 5.74) is 0.0678. The quantitative estimate of drug-likeness (QED) is 0.244. The first kappa shape index (κ1) is 24.9. The van der Waals surface area contributed by atoms with Gasteiger partial charge in [0.1, 0.15) is 11.6 Å². The molecule has 26 heavy (non-hydrogen) atoms. The molecule has 1 aromatic carbocycles. The number of rotatable bonds is 9. The summed E-state index contributed by atoms with van der Waals surface area (Å²) in [6, 6.07) is 6.08. The molecule has 1 aromatic rings. The summed E-state index contributed by atoms with van der Waals surface area (Å²) >= 11 is 0. The molecule has 1 atom stereocenters. The van der Waals surface area contributed by atoms with Crippen molar-refractivity contribution in [3.05, 3.63) is 30.1 Å². The van der Waals surface area contributed by atoms with Crippen LogP contribution in [0.5, 0.6) is 5.75 Å². The van der Waals surface area contributed by atoms with Crippen LogP contribution in [0.25, 0.3) is 0 Å². The van der Waals surface area contributed by atoms with Crippen LogP contribution in [-0.4, -0.2) is 45.9 Å². The monoisotopic (exact) mass is 481 g/mol. The number of benzene rings is 1. The number of halogens is 2. The molecule has 0 saturated carbocycles. The molecule has 0 aliphatic carbocycles. The lowest BCUT2D eigenvalue weighted by atomic mass is 9.89. The first-order chi connectivity index (χ1) is 11.9. The van der Waals surface area contributed by atoms with Crippen LogP contribution in [-0.2, 0) is 4.74 Å². The normalized spacial score (nSPS) is 12.9. The maximum absolute atomic E-state index is 12.8. The second-order valence-electron chi connectivity index (χ2n) is 6.98. The van der Waals surface area contributed by atoms with E-state index in [1.165, 1.54) is 12.1 Å². The molecule has 7 heteroatoms. The third kappa shape index (κ3) is 10.2. The number of aliphatic imine (C=N–C) groups is 1. The second-order valence-corrected chi connectivity index (χ2v) is 6.98. The molecule has 0 aliphatic rings. The Morgan fingerprint density at radius 2 is 1.81 bits per heavy atom. The Labute approximate surface area is 174 Å². The van der Waals surface area contributed by atoms with E-state index in [-0.39, 0.29) is 41.3 Å². The van der Waals surface area contributed by atoms with E-state index in [4.69, 9.17) is 9.47 Å². The molecule has 5 nitrogen and oxygen atoms in total. The molecule has 0 aromatic heterocycles. The van der Waals surface area contributed by atoms with Gasteiger partial charge in [0, 0.05) is 27.2 Å². The van der Waals surface area contributed by atoms with Gasteiger partial charge in [-0.3, -0.25) is 4.99 Å². The summed E-state index contributed by atoms with van der Waals surface area (Å²) in [5.74, 6) is 1.21. The van der Waals surface area contributed by atoms with Crippen LogP contribution in [0.2, 0.25) is 0 Å². The average molecular weight is 481 g/mol. The molecule has 1 rings (SSSR count). The minimum atomic E-state index is -0.252. The second kappa shape index (κ2) is 13.1. The summed E-state index contributed by atoms with van der Waals surface area (Å²) < 4.78 is 23.9. The number of unbranched alkanes of at least 4 members (excludes halogenated alkanes) is 1. The van der Waals surface area contributed by atoms with Crippen LogP contribution in [0.3, 0.4) is 0 Å². The van der Waals surface area contributed by atoms with E-state index in [1.54, 1.807) is 26.3 Å². The number of hydrogen-bond acceptors (Lipinski definition) is 3. The fraction of sp³-hybridized carbons (Fsp3) is 0.632. The summed E-state index contributed by atoms with van der Waals surface area (Å²) in [7, 11) is 3.49. The van der Waals surface area contributed by atoms with Crippen LogP contribution in [0, 0.1) is 11.2 Å². The Kier molecular flexibility index (Phi) is 12.6. The first-order valence-corrected chi connectivity index (χ1v) is 8.72. The van der Waals surface area contributed by atoms with Gasteiger partial charge in [0.05, 0.1) is 12.7 Å². The van der Waals surface area contributed by atoms with Gasteiger partial charge in [0.25, 0.3) is 0 Å². The average Bonchev–Trinajstić information content (AvgIpc) is 2.57. The van der Waals surface area contributed by atoms with E-state index < -0.39 is 0 Å². The standard InChI is InChI=1S/C19H32FN3O2.HI/c1-19(2,3)17(24-5)14-23-18(21-4)22-12-6-7-13-25-16-10-8-15(20)9-11-16;/h8-11,17H,6-7,12-14H2,1-5H3,(H2,21,22,23);1H. The van der Waals surface area contributed by atoms with E-state index in [2.05, 4.69) is 36.4 Å². The number of nitrogens with zero attached hydrogens (tertiary/aromatic N) is 1. The van der Waals surface area contributed by atoms with E-state index in [0.717, 1.165) is 25.3 Å². The third-order valence-corrected chi connectivity index (χ3v) is 3.87. The lowest BCUT2D eigenvalue weighted by molar-refractivity contribution is 0.0205. The fourth-order valence-electron chi connectivity index (χ4n) is 2.31. The highest BCUT2D eigenvalue weighted by Gasteiger charge is 2.24. The molecule has 0 fully saturated rings. The van der Waals surface area contributed by atoms with Crippen molar-refractivity contribution < 1.29 is 13.9 Å². The summed E-state index contributed by atoms with van der Waals surface area (Å²) in [6.07, 6.45) is 1.97. The summed E-state index contributed by atoms with van der Waals surface area (Å²) in [4.78, 5) is 4.22. The molecule has 1 unspecified atom stereocenters. The van der Waals surface area contributed by atoms with Gasteiger partial charge in [0.2, 0.25) is 0 Å². The van der Waals surface area contributed by atoms with Crippen LogP contribution in [0.4, 0.5) is 4.39 Å². The zero-order chi connectivity index (χ0) is 18.7. The van der Waals surface area contributed by atoms with Gasteiger partial charge in [-0.2, -0.15) is 0 Å². The van der Waals surface area contributed by atoms with Crippen LogP contribution in [0.1, 0.15) is 33.6 Å². The lowest BCUT2D eigenvalue weighted by Crippen LogP contribution is -2.45. The highest BCUT2D eigenvalue weighted by Crippen LogP contribution is 2.20. The topological polar surface area (TPSA) is 54.9 Å². The van der Waals surface area contributed by atoms with Gasteiger partial charge >= 0.3 is 0 Å². The maximum atomic E-state index is 12.8. The molecule has 0 radical (unpaired) electrons. The Bertz CT molecular complexity index is 519. The molecule has 150 valence electrons. The lowest BCUT2D eigenvalue weighted by Gasteiger charge is -2.30. The molecule has 0 aliphatic heterocycles.